The second-order valence-electron chi connectivity index (χ2n) is 3.81. The van der Waals surface area contributed by atoms with Gasteiger partial charge in [-0.3, -0.25) is 0 Å². The molecule has 2 rings (SSSR count). The van der Waals surface area contributed by atoms with Crippen molar-refractivity contribution in [2.45, 2.75) is 19.4 Å². The molecular formula is C10H11INO. The molecule has 1 fully saturated rings. The normalized spacial score (nSPS) is 29.0. The minimum atomic E-state index is -0.0598. The van der Waals surface area contributed by atoms with Gasteiger partial charge in [0.2, 0.25) is 0 Å². The van der Waals surface area contributed by atoms with Crippen molar-refractivity contribution in [3.63, 3.8) is 0 Å². The van der Waals surface area contributed by atoms with Gasteiger partial charge in [0.15, 0.2) is 5.90 Å². The Hall–Kier alpha value is 0.200. The lowest BCUT2D eigenvalue weighted by atomic mass is 10.1. The van der Waals surface area contributed by atoms with Crippen molar-refractivity contribution in [3.05, 3.63) is 29.1 Å². The molecule has 1 saturated carbocycles. The highest BCUT2D eigenvalue weighted by atomic mass is 127. The van der Waals surface area contributed by atoms with Gasteiger partial charge < -0.3 is 4.74 Å². The molecule has 1 aliphatic carbocycles. The molecule has 2 nitrogen and oxygen atoms in total. The number of halogens is 1. The van der Waals surface area contributed by atoms with Crippen LogP contribution in [0.15, 0.2) is 4.99 Å². The number of nitrogens with zero attached hydrogens (tertiary/aromatic N) is 1. The molecule has 1 heterocycles. The van der Waals surface area contributed by atoms with Gasteiger partial charge in [0.25, 0.3) is 0 Å². The number of hydrogen-bond donors (Lipinski definition) is 0. The van der Waals surface area contributed by atoms with Crippen LogP contribution in [0.5, 0.6) is 0 Å². The van der Waals surface area contributed by atoms with E-state index in [1.807, 2.05) is 12.8 Å². The predicted octanol–water partition coefficient (Wildman–Crippen LogP) is 2.36. The Kier molecular flexibility index (Phi) is 2.55. The predicted molar refractivity (Wildman–Crippen MR) is 60.9 cm³/mol. The maximum atomic E-state index is 5.54. The molecule has 0 atom stereocenters. The SMILES string of the molecule is CC1(C)COC([C]2[CH][CH][CH][C]2I)=N1. The van der Waals surface area contributed by atoms with E-state index in [2.05, 4.69) is 47.9 Å². The van der Waals surface area contributed by atoms with Crippen molar-refractivity contribution in [1.29, 1.82) is 0 Å². The maximum Gasteiger partial charge on any atom is 0.193 e. The molecular weight excluding hydrogens is 277 g/mol. The van der Waals surface area contributed by atoms with E-state index in [0.717, 1.165) is 11.8 Å². The van der Waals surface area contributed by atoms with Crippen LogP contribution in [0.3, 0.4) is 0 Å². The zero-order chi connectivity index (χ0) is 9.47. The van der Waals surface area contributed by atoms with Crippen LogP contribution in [0.4, 0.5) is 0 Å². The Morgan fingerprint density at radius 1 is 1.46 bits per heavy atom. The topological polar surface area (TPSA) is 21.6 Å². The molecule has 0 N–H and O–H groups in total. The summed E-state index contributed by atoms with van der Waals surface area (Å²) >= 11 is 2.30. The summed E-state index contributed by atoms with van der Waals surface area (Å²) in [6.45, 7) is 4.84. The first-order valence-corrected chi connectivity index (χ1v) is 5.31. The molecule has 2 aliphatic rings. The summed E-state index contributed by atoms with van der Waals surface area (Å²) in [6.07, 6.45) is 6.13. The minimum absolute atomic E-state index is 0.0598. The number of aliphatic imine (C=N–C) groups is 1. The Labute approximate surface area is 93.3 Å². The Morgan fingerprint density at radius 3 is 2.69 bits per heavy atom. The second kappa shape index (κ2) is 3.41. The minimum Gasteiger partial charge on any atom is -0.478 e. The molecule has 0 bridgehead atoms. The maximum absolute atomic E-state index is 5.54. The Morgan fingerprint density at radius 2 is 2.23 bits per heavy atom. The van der Waals surface area contributed by atoms with E-state index in [0.29, 0.717) is 6.61 Å². The fraction of sp³-hybridized carbons (Fsp3) is 0.400. The standard InChI is InChI=1S/C10H11INO/c1-10(2)6-13-9(12-10)7-4-3-5-8(7)11/h3-5H,6H2,1-2H3. The third kappa shape index (κ3) is 2.00. The highest BCUT2D eigenvalue weighted by Crippen LogP contribution is 2.41. The molecule has 0 aromatic heterocycles. The molecule has 0 spiro atoms. The molecule has 0 amide bonds. The molecule has 0 saturated heterocycles. The average Bonchev–Trinajstić information content (AvgIpc) is 2.56. The zero-order valence-electron chi connectivity index (χ0n) is 7.67. The third-order valence-electron chi connectivity index (χ3n) is 1.96. The highest BCUT2D eigenvalue weighted by molar-refractivity contribution is 14.1. The molecule has 0 unspecified atom stereocenters. The first-order valence-electron chi connectivity index (χ1n) is 4.23. The summed E-state index contributed by atoms with van der Waals surface area (Å²) < 4.78 is 6.74. The van der Waals surface area contributed by atoms with Gasteiger partial charge in [-0.1, -0.05) is 22.6 Å². The lowest BCUT2D eigenvalue weighted by Gasteiger charge is -2.10. The Balaban J connectivity index is 2.09. The molecule has 5 radical (unpaired) electrons. The quantitative estimate of drug-likeness (QED) is 0.679. The van der Waals surface area contributed by atoms with Gasteiger partial charge in [-0.05, 0) is 33.1 Å². The summed E-state index contributed by atoms with van der Waals surface area (Å²) in [7, 11) is 0. The van der Waals surface area contributed by atoms with Crippen LogP contribution in [-0.2, 0) is 4.74 Å². The van der Waals surface area contributed by atoms with Gasteiger partial charge in [0.1, 0.15) is 6.61 Å². The fourth-order valence-electron chi connectivity index (χ4n) is 1.29. The Bertz CT molecular complexity index is 237. The molecule has 13 heavy (non-hydrogen) atoms. The second-order valence-corrected chi connectivity index (χ2v) is 4.97. The van der Waals surface area contributed by atoms with Crippen LogP contribution in [0, 0.1) is 29.1 Å². The highest BCUT2D eigenvalue weighted by Gasteiger charge is 2.38. The zero-order valence-corrected chi connectivity index (χ0v) is 9.83. The molecule has 69 valence electrons. The van der Waals surface area contributed by atoms with E-state index in [1.165, 1.54) is 3.92 Å². The van der Waals surface area contributed by atoms with E-state index in [-0.39, 0.29) is 5.54 Å². The number of ether oxygens (including phenoxy) is 1. The van der Waals surface area contributed by atoms with Gasteiger partial charge in [0, 0.05) is 0 Å². The first kappa shape index (κ1) is 9.74. The van der Waals surface area contributed by atoms with Crippen molar-refractivity contribution in [2.75, 3.05) is 6.61 Å². The molecule has 0 aromatic carbocycles. The molecule has 1 aliphatic heterocycles. The van der Waals surface area contributed by atoms with E-state index in [9.17, 15) is 0 Å². The van der Waals surface area contributed by atoms with Gasteiger partial charge in [-0.15, -0.1) is 0 Å². The van der Waals surface area contributed by atoms with E-state index >= 15 is 0 Å². The van der Waals surface area contributed by atoms with E-state index in [4.69, 9.17) is 4.74 Å². The van der Waals surface area contributed by atoms with Crippen molar-refractivity contribution in [3.8, 4) is 0 Å². The van der Waals surface area contributed by atoms with E-state index < -0.39 is 0 Å². The molecule has 0 aromatic rings. The monoisotopic (exact) mass is 288 g/mol. The number of hydrogen-bond acceptors (Lipinski definition) is 2. The van der Waals surface area contributed by atoms with Crippen LogP contribution in [0.2, 0.25) is 0 Å². The summed E-state index contributed by atoms with van der Waals surface area (Å²) in [6, 6.07) is 0. The first-order chi connectivity index (χ1) is 6.08. The van der Waals surface area contributed by atoms with Crippen molar-refractivity contribution in [1.82, 2.24) is 0 Å². The van der Waals surface area contributed by atoms with Crippen molar-refractivity contribution in [2.24, 2.45) is 4.99 Å². The van der Waals surface area contributed by atoms with Gasteiger partial charge >= 0.3 is 0 Å². The van der Waals surface area contributed by atoms with Gasteiger partial charge in [0.05, 0.1) is 15.4 Å². The fourth-order valence-corrected chi connectivity index (χ4v) is 1.91. The third-order valence-corrected chi connectivity index (χ3v) is 2.90. The number of rotatable bonds is 1. The van der Waals surface area contributed by atoms with Gasteiger partial charge in [-0.25, -0.2) is 4.99 Å². The molecule has 3 heteroatoms. The van der Waals surface area contributed by atoms with Crippen LogP contribution in [-0.4, -0.2) is 18.0 Å². The smallest absolute Gasteiger partial charge is 0.193 e. The summed E-state index contributed by atoms with van der Waals surface area (Å²) in [5.41, 5.74) is -0.0598. The summed E-state index contributed by atoms with van der Waals surface area (Å²) in [4.78, 5) is 4.51. The van der Waals surface area contributed by atoms with Crippen molar-refractivity contribution >= 4 is 28.5 Å². The van der Waals surface area contributed by atoms with E-state index in [1.54, 1.807) is 0 Å². The average molecular weight is 288 g/mol. The lowest BCUT2D eigenvalue weighted by Crippen LogP contribution is -2.17. The van der Waals surface area contributed by atoms with Gasteiger partial charge in [-0.2, -0.15) is 0 Å². The van der Waals surface area contributed by atoms with Crippen molar-refractivity contribution < 1.29 is 4.74 Å². The van der Waals surface area contributed by atoms with Crippen LogP contribution in [0.25, 0.3) is 0 Å². The summed E-state index contributed by atoms with van der Waals surface area (Å²) in [5.74, 6) is 1.91. The summed E-state index contributed by atoms with van der Waals surface area (Å²) in [5, 5.41) is 0. The van der Waals surface area contributed by atoms with Crippen LogP contribution in [0.1, 0.15) is 13.8 Å². The van der Waals surface area contributed by atoms with Crippen LogP contribution < -0.4 is 0 Å². The lowest BCUT2D eigenvalue weighted by molar-refractivity contribution is 0.277. The van der Waals surface area contributed by atoms with Crippen LogP contribution >= 0.6 is 22.6 Å². The largest absolute Gasteiger partial charge is 0.478 e.